The van der Waals surface area contributed by atoms with Gasteiger partial charge in [0.2, 0.25) is 0 Å². The fraction of sp³-hybridized carbons (Fsp3) is 0.400. The summed E-state index contributed by atoms with van der Waals surface area (Å²) in [5, 5.41) is 0. The first-order valence-corrected chi connectivity index (χ1v) is 7.65. The minimum Gasteiger partial charge on any atom is -0.0619 e. The Morgan fingerprint density at radius 3 is 1.65 bits per heavy atom. The van der Waals surface area contributed by atoms with Crippen molar-refractivity contribution in [1.29, 1.82) is 0 Å². The van der Waals surface area contributed by atoms with Crippen molar-refractivity contribution in [2.45, 2.75) is 46.5 Å². The molecule has 0 aliphatic heterocycles. The molecule has 2 aromatic carbocycles. The van der Waals surface area contributed by atoms with Gasteiger partial charge >= 0.3 is 0 Å². The molecule has 0 nitrogen and oxygen atoms in total. The largest absolute Gasteiger partial charge is 0.0619 e. The summed E-state index contributed by atoms with van der Waals surface area (Å²) in [4.78, 5) is 0. The van der Waals surface area contributed by atoms with Crippen molar-refractivity contribution in [3.8, 4) is 11.1 Å². The molecule has 0 aliphatic rings. The van der Waals surface area contributed by atoms with Crippen LogP contribution in [0.1, 0.15) is 45.7 Å². The van der Waals surface area contributed by atoms with Gasteiger partial charge in [0, 0.05) is 0 Å². The van der Waals surface area contributed by atoms with E-state index in [0.29, 0.717) is 5.92 Å². The molecule has 0 heterocycles. The van der Waals surface area contributed by atoms with Crippen LogP contribution in [-0.4, -0.2) is 0 Å². The van der Waals surface area contributed by atoms with Crippen molar-refractivity contribution in [3.05, 3.63) is 59.7 Å². The number of benzene rings is 2. The molecule has 0 N–H and O–H groups in total. The third-order valence-electron chi connectivity index (χ3n) is 4.77. The van der Waals surface area contributed by atoms with Crippen molar-refractivity contribution in [3.63, 3.8) is 0 Å². The number of aryl methyl sites for hydroxylation is 1. The van der Waals surface area contributed by atoms with Gasteiger partial charge in [-0.3, -0.25) is 0 Å². The molecule has 0 bridgehead atoms. The number of rotatable bonds is 4. The predicted octanol–water partition coefficient (Wildman–Crippen LogP) is 5.85. The standard InChI is InChI=1S/C20H26/c1-6-16-7-9-17(10-8-16)18-11-13-19(14-12-18)20(4,5)15(2)3/h7-15H,6H2,1-5H3. The molecule has 0 amide bonds. The average Bonchev–Trinajstić information content (AvgIpc) is 2.47. The normalized spacial score (nSPS) is 11.9. The summed E-state index contributed by atoms with van der Waals surface area (Å²) in [5.74, 6) is 0.636. The first kappa shape index (κ1) is 14.8. The summed E-state index contributed by atoms with van der Waals surface area (Å²) in [6.07, 6.45) is 1.10. The Balaban J connectivity index is 2.27. The van der Waals surface area contributed by atoms with Gasteiger partial charge in [0.25, 0.3) is 0 Å². The Morgan fingerprint density at radius 2 is 1.25 bits per heavy atom. The van der Waals surface area contributed by atoms with Gasteiger partial charge in [0.1, 0.15) is 0 Å². The van der Waals surface area contributed by atoms with Crippen molar-refractivity contribution in [1.82, 2.24) is 0 Å². The van der Waals surface area contributed by atoms with Crippen molar-refractivity contribution < 1.29 is 0 Å². The lowest BCUT2D eigenvalue weighted by Crippen LogP contribution is -2.24. The summed E-state index contributed by atoms with van der Waals surface area (Å²) in [5.41, 5.74) is 5.64. The minimum absolute atomic E-state index is 0.227. The van der Waals surface area contributed by atoms with E-state index in [1.54, 1.807) is 0 Å². The van der Waals surface area contributed by atoms with Crippen LogP contribution in [0, 0.1) is 5.92 Å². The van der Waals surface area contributed by atoms with E-state index >= 15 is 0 Å². The fourth-order valence-electron chi connectivity index (χ4n) is 2.36. The Morgan fingerprint density at radius 1 is 0.800 bits per heavy atom. The van der Waals surface area contributed by atoms with Crippen molar-refractivity contribution in [2.24, 2.45) is 5.92 Å². The zero-order valence-corrected chi connectivity index (χ0v) is 13.4. The average molecular weight is 266 g/mol. The molecule has 20 heavy (non-hydrogen) atoms. The van der Waals surface area contributed by atoms with Crippen LogP contribution in [0.4, 0.5) is 0 Å². The summed E-state index contributed by atoms with van der Waals surface area (Å²) in [6.45, 7) is 11.4. The smallest absolute Gasteiger partial charge is 0.00806 e. The molecular weight excluding hydrogens is 240 g/mol. The SMILES string of the molecule is CCc1ccc(-c2ccc(C(C)(C)C(C)C)cc2)cc1. The highest BCUT2D eigenvalue weighted by molar-refractivity contribution is 5.64. The number of hydrogen-bond acceptors (Lipinski definition) is 0. The highest BCUT2D eigenvalue weighted by Crippen LogP contribution is 2.32. The highest BCUT2D eigenvalue weighted by Gasteiger charge is 2.24. The van der Waals surface area contributed by atoms with Crippen LogP contribution in [0.25, 0.3) is 11.1 Å². The zero-order chi connectivity index (χ0) is 14.8. The van der Waals surface area contributed by atoms with Gasteiger partial charge in [-0.1, -0.05) is 83.1 Å². The van der Waals surface area contributed by atoms with E-state index in [2.05, 4.69) is 83.1 Å². The van der Waals surface area contributed by atoms with E-state index < -0.39 is 0 Å². The summed E-state index contributed by atoms with van der Waals surface area (Å²) >= 11 is 0. The minimum atomic E-state index is 0.227. The molecule has 2 rings (SSSR count). The molecule has 0 saturated heterocycles. The zero-order valence-electron chi connectivity index (χ0n) is 13.4. The molecule has 0 spiro atoms. The first-order chi connectivity index (χ1) is 9.45. The Hall–Kier alpha value is -1.56. The van der Waals surface area contributed by atoms with E-state index in [-0.39, 0.29) is 5.41 Å². The monoisotopic (exact) mass is 266 g/mol. The van der Waals surface area contributed by atoms with Gasteiger partial charge < -0.3 is 0 Å². The number of hydrogen-bond donors (Lipinski definition) is 0. The van der Waals surface area contributed by atoms with Gasteiger partial charge in [-0.15, -0.1) is 0 Å². The van der Waals surface area contributed by atoms with E-state index in [1.165, 1.54) is 22.3 Å². The summed E-state index contributed by atoms with van der Waals surface area (Å²) in [7, 11) is 0. The van der Waals surface area contributed by atoms with E-state index in [0.717, 1.165) is 6.42 Å². The molecule has 0 fully saturated rings. The van der Waals surface area contributed by atoms with Gasteiger partial charge in [-0.05, 0) is 40.0 Å². The van der Waals surface area contributed by atoms with Crippen LogP contribution in [0.2, 0.25) is 0 Å². The van der Waals surface area contributed by atoms with Gasteiger partial charge in [-0.2, -0.15) is 0 Å². The van der Waals surface area contributed by atoms with Crippen LogP contribution in [0.5, 0.6) is 0 Å². The lowest BCUT2D eigenvalue weighted by Gasteiger charge is -2.30. The van der Waals surface area contributed by atoms with E-state index in [9.17, 15) is 0 Å². The topological polar surface area (TPSA) is 0 Å². The van der Waals surface area contributed by atoms with Gasteiger partial charge in [0.15, 0.2) is 0 Å². The Kier molecular flexibility index (Phi) is 4.32. The first-order valence-electron chi connectivity index (χ1n) is 7.65. The summed E-state index contributed by atoms with van der Waals surface area (Å²) in [6, 6.07) is 18.0. The lowest BCUT2D eigenvalue weighted by molar-refractivity contribution is 0.372. The molecule has 106 valence electrons. The van der Waals surface area contributed by atoms with E-state index in [4.69, 9.17) is 0 Å². The molecule has 0 unspecified atom stereocenters. The van der Waals surface area contributed by atoms with Crippen LogP contribution in [-0.2, 0) is 11.8 Å². The van der Waals surface area contributed by atoms with Gasteiger partial charge in [-0.25, -0.2) is 0 Å². The third kappa shape index (κ3) is 2.95. The van der Waals surface area contributed by atoms with Crippen LogP contribution in [0.15, 0.2) is 48.5 Å². The van der Waals surface area contributed by atoms with Crippen molar-refractivity contribution in [2.75, 3.05) is 0 Å². The Labute approximate surface area is 123 Å². The maximum Gasteiger partial charge on any atom is -0.00806 e. The second-order valence-electron chi connectivity index (χ2n) is 6.50. The molecule has 0 heteroatoms. The maximum atomic E-state index is 2.32. The van der Waals surface area contributed by atoms with Crippen LogP contribution < -0.4 is 0 Å². The molecule has 2 aromatic rings. The van der Waals surface area contributed by atoms with Crippen LogP contribution >= 0.6 is 0 Å². The molecule has 0 radical (unpaired) electrons. The van der Waals surface area contributed by atoms with Gasteiger partial charge in [0.05, 0.1) is 0 Å². The molecule has 0 atom stereocenters. The molecule has 0 saturated carbocycles. The Bertz CT molecular complexity index is 542. The molecular formula is C20H26. The van der Waals surface area contributed by atoms with Crippen molar-refractivity contribution >= 4 is 0 Å². The molecule has 0 aromatic heterocycles. The van der Waals surface area contributed by atoms with Crippen LogP contribution in [0.3, 0.4) is 0 Å². The maximum absolute atomic E-state index is 2.32. The second-order valence-corrected chi connectivity index (χ2v) is 6.50. The predicted molar refractivity (Wildman–Crippen MR) is 89.1 cm³/mol. The second kappa shape index (κ2) is 5.83. The quantitative estimate of drug-likeness (QED) is 0.651. The summed E-state index contributed by atoms with van der Waals surface area (Å²) < 4.78 is 0. The highest BCUT2D eigenvalue weighted by atomic mass is 14.3. The lowest BCUT2D eigenvalue weighted by atomic mass is 9.75. The molecule has 0 aliphatic carbocycles. The fourth-order valence-corrected chi connectivity index (χ4v) is 2.36. The van der Waals surface area contributed by atoms with E-state index in [1.807, 2.05) is 0 Å². The third-order valence-corrected chi connectivity index (χ3v) is 4.77.